The number of benzene rings is 2. The Hall–Kier alpha value is -2.34. The Labute approximate surface area is 149 Å². The average Bonchev–Trinajstić information content (AvgIpc) is 2.48. The molecule has 1 amide bonds. The third kappa shape index (κ3) is 4.82. The van der Waals surface area contributed by atoms with E-state index in [2.05, 4.69) is 10.0 Å². The van der Waals surface area contributed by atoms with Gasteiger partial charge in [0.05, 0.1) is 10.6 Å². The summed E-state index contributed by atoms with van der Waals surface area (Å²) in [6, 6.07) is 11.6. The van der Waals surface area contributed by atoms with Gasteiger partial charge < -0.3 is 5.32 Å². The van der Waals surface area contributed by atoms with Gasteiger partial charge in [0, 0.05) is 11.1 Å². The van der Waals surface area contributed by atoms with Crippen molar-refractivity contribution in [2.24, 2.45) is 0 Å². The van der Waals surface area contributed by atoms with Crippen molar-refractivity contribution in [3.63, 3.8) is 0 Å². The van der Waals surface area contributed by atoms with Crippen LogP contribution in [-0.4, -0.2) is 19.9 Å². The highest BCUT2D eigenvalue weighted by Gasteiger charge is 2.20. The summed E-state index contributed by atoms with van der Waals surface area (Å²) in [6.45, 7) is 9.30. The van der Waals surface area contributed by atoms with E-state index in [-0.39, 0.29) is 16.3 Å². The Morgan fingerprint density at radius 3 is 2.12 bits per heavy atom. The van der Waals surface area contributed by atoms with Crippen molar-refractivity contribution in [2.75, 3.05) is 4.72 Å². The number of sulfonamides is 1. The van der Waals surface area contributed by atoms with Crippen LogP contribution >= 0.6 is 0 Å². The summed E-state index contributed by atoms with van der Waals surface area (Å²) in [6.07, 6.45) is 0. The van der Waals surface area contributed by atoms with Gasteiger partial charge in [0.25, 0.3) is 15.9 Å². The monoisotopic (exact) mass is 360 g/mol. The van der Waals surface area contributed by atoms with Crippen LogP contribution in [0.3, 0.4) is 0 Å². The fraction of sp³-hybridized carbons (Fsp3) is 0.316. The Morgan fingerprint density at radius 2 is 1.56 bits per heavy atom. The van der Waals surface area contributed by atoms with Crippen LogP contribution in [0.2, 0.25) is 0 Å². The summed E-state index contributed by atoms with van der Waals surface area (Å²) in [4.78, 5) is 12.6. The molecule has 0 fully saturated rings. The van der Waals surface area contributed by atoms with Crippen molar-refractivity contribution < 1.29 is 13.2 Å². The predicted molar refractivity (Wildman–Crippen MR) is 100 cm³/mol. The van der Waals surface area contributed by atoms with E-state index in [1.807, 2.05) is 27.7 Å². The summed E-state index contributed by atoms with van der Waals surface area (Å²) < 4.78 is 27.7. The molecule has 5 nitrogen and oxygen atoms in total. The number of amides is 1. The van der Waals surface area contributed by atoms with Crippen LogP contribution in [0.25, 0.3) is 0 Å². The molecule has 2 aromatic carbocycles. The van der Waals surface area contributed by atoms with Crippen LogP contribution < -0.4 is 10.0 Å². The number of anilines is 1. The lowest BCUT2D eigenvalue weighted by Crippen LogP contribution is -2.40. The van der Waals surface area contributed by atoms with Crippen molar-refractivity contribution in [2.45, 2.75) is 45.1 Å². The van der Waals surface area contributed by atoms with E-state index in [0.29, 0.717) is 16.8 Å². The maximum absolute atomic E-state index is 12.6. The van der Waals surface area contributed by atoms with E-state index >= 15 is 0 Å². The molecule has 0 aromatic heterocycles. The quantitative estimate of drug-likeness (QED) is 0.874. The third-order valence-electron chi connectivity index (χ3n) is 3.64. The third-order valence-corrected chi connectivity index (χ3v) is 5.02. The maximum atomic E-state index is 12.6. The summed E-state index contributed by atoms with van der Waals surface area (Å²) in [5.74, 6) is -0.235. The first-order valence-corrected chi connectivity index (χ1v) is 9.49. The zero-order chi connectivity index (χ0) is 18.8. The predicted octanol–water partition coefficient (Wildman–Crippen LogP) is 3.63. The van der Waals surface area contributed by atoms with Gasteiger partial charge in [-0.15, -0.1) is 0 Å². The topological polar surface area (TPSA) is 75.3 Å². The van der Waals surface area contributed by atoms with E-state index in [1.165, 1.54) is 0 Å². The highest BCUT2D eigenvalue weighted by atomic mass is 32.2. The first-order valence-electron chi connectivity index (χ1n) is 8.01. The van der Waals surface area contributed by atoms with Crippen LogP contribution in [0.15, 0.2) is 47.4 Å². The molecule has 2 aromatic rings. The zero-order valence-corrected chi connectivity index (χ0v) is 16.0. The van der Waals surface area contributed by atoms with Gasteiger partial charge in [0.2, 0.25) is 0 Å². The molecule has 0 spiro atoms. The van der Waals surface area contributed by atoms with E-state index < -0.39 is 10.0 Å². The molecule has 134 valence electrons. The Kier molecular flexibility index (Phi) is 5.23. The molecular weight excluding hydrogens is 336 g/mol. The minimum absolute atomic E-state index is 0.182. The van der Waals surface area contributed by atoms with Crippen molar-refractivity contribution in [3.05, 3.63) is 59.2 Å². The van der Waals surface area contributed by atoms with E-state index in [9.17, 15) is 13.2 Å². The normalized spacial score (nSPS) is 11.9. The molecule has 0 saturated carbocycles. The van der Waals surface area contributed by atoms with E-state index in [4.69, 9.17) is 0 Å². The first kappa shape index (κ1) is 19.0. The van der Waals surface area contributed by atoms with Gasteiger partial charge in [-0.05, 0) is 64.4 Å². The molecule has 0 aliphatic rings. The van der Waals surface area contributed by atoms with Crippen LogP contribution in [-0.2, 0) is 10.0 Å². The molecular formula is C19H24N2O3S. The number of carbonyl (C=O) groups is 1. The molecule has 6 heteroatoms. The average molecular weight is 360 g/mol. The van der Waals surface area contributed by atoms with Gasteiger partial charge in [0.1, 0.15) is 0 Å². The molecule has 0 radical (unpaired) electrons. The molecule has 25 heavy (non-hydrogen) atoms. The Morgan fingerprint density at radius 1 is 0.960 bits per heavy atom. The smallest absolute Gasteiger partial charge is 0.261 e. The Bertz CT molecular complexity index is 880. The van der Waals surface area contributed by atoms with Crippen molar-refractivity contribution in [1.29, 1.82) is 0 Å². The first-order chi connectivity index (χ1) is 11.5. The highest BCUT2D eigenvalue weighted by Crippen LogP contribution is 2.23. The lowest BCUT2D eigenvalue weighted by Gasteiger charge is -2.22. The molecule has 0 unspecified atom stereocenters. The number of hydrogen-bond donors (Lipinski definition) is 2. The molecule has 0 heterocycles. The van der Waals surface area contributed by atoms with Gasteiger partial charge in [-0.25, -0.2) is 8.42 Å². The van der Waals surface area contributed by atoms with Gasteiger partial charge in [-0.3, -0.25) is 9.52 Å². The highest BCUT2D eigenvalue weighted by molar-refractivity contribution is 7.92. The maximum Gasteiger partial charge on any atom is 0.261 e. The van der Waals surface area contributed by atoms with Crippen molar-refractivity contribution in [1.82, 2.24) is 5.32 Å². The number of carbonyl (C=O) groups excluding carboxylic acids is 1. The number of hydrogen-bond acceptors (Lipinski definition) is 3. The van der Waals surface area contributed by atoms with Gasteiger partial charge >= 0.3 is 0 Å². The second-order valence-electron chi connectivity index (χ2n) is 7.10. The lowest BCUT2D eigenvalue weighted by molar-refractivity contribution is 0.0919. The van der Waals surface area contributed by atoms with Crippen LogP contribution in [0, 0.1) is 13.8 Å². The van der Waals surface area contributed by atoms with Gasteiger partial charge in [-0.2, -0.15) is 0 Å². The molecule has 0 bridgehead atoms. The second kappa shape index (κ2) is 6.88. The van der Waals surface area contributed by atoms with Gasteiger partial charge in [0.15, 0.2) is 0 Å². The van der Waals surface area contributed by atoms with Crippen LogP contribution in [0.1, 0.15) is 42.3 Å². The number of nitrogens with one attached hydrogen (secondary N) is 2. The number of rotatable bonds is 4. The van der Waals surface area contributed by atoms with Crippen molar-refractivity contribution in [3.8, 4) is 0 Å². The van der Waals surface area contributed by atoms with Crippen molar-refractivity contribution >= 4 is 21.6 Å². The fourth-order valence-corrected chi connectivity index (χ4v) is 3.44. The SMILES string of the molecule is Cc1ccc(S(=O)(=O)Nc2cccc(C(=O)NC(C)(C)C)c2C)cc1. The minimum atomic E-state index is -3.71. The second-order valence-corrected chi connectivity index (χ2v) is 8.78. The molecule has 0 atom stereocenters. The molecule has 0 aliphatic heterocycles. The van der Waals surface area contributed by atoms with E-state index in [0.717, 1.165) is 5.56 Å². The van der Waals surface area contributed by atoms with Gasteiger partial charge in [-0.1, -0.05) is 23.8 Å². The van der Waals surface area contributed by atoms with Crippen LogP contribution in [0.5, 0.6) is 0 Å². The largest absolute Gasteiger partial charge is 0.347 e. The molecule has 0 aliphatic carbocycles. The van der Waals surface area contributed by atoms with Crippen LogP contribution in [0.4, 0.5) is 5.69 Å². The zero-order valence-electron chi connectivity index (χ0n) is 15.2. The standard InChI is InChI=1S/C19H24N2O3S/c1-13-9-11-15(12-10-13)25(23,24)21-17-8-6-7-16(14(17)2)18(22)20-19(3,4)5/h6-12,21H,1-5H3,(H,20,22). The van der Waals surface area contributed by atoms with E-state index in [1.54, 1.807) is 49.4 Å². The summed E-state index contributed by atoms with van der Waals surface area (Å²) >= 11 is 0. The fourth-order valence-electron chi connectivity index (χ4n) is 2.32. The molecule has 0 saturated heterocycles. The summed E-state index contributed by atoms with van der Waals surface area (Å²) in [7, 11) is -3.71. The Balaban J connectivity index is 2.33. The minimum Gasteiger partial charge on any atom is -0.347 e. The number of aryl methyl sites for hydroxylation is 1. The molecule has 2 N–H and O–H groups in total. The molecule has 2 rings (SSSR count). The lowest BCUT2D eigenvalue weighted by atomic mass is 10.0. The summed E-state index contributed by atoms with van der Waals surface area (Å²) in [5.41, 5.74) is 2.03. The summed E-state index contributed by atoms with van der Waals surface area (Å²) in [5, 5.41) is 2.89.